The van der Waals surface area contributed by atoms with Crippen LogP contribution in [0, 0.1) is 0 Å². The number of sulfonamides is 1. The second-order valence-electron chi connectivity index (χ2n) is 10.3. The topological polar surface area (TPSA) is 96.0 Å². The molecule has 2 amide bonds. The molecule has 0 heterocycles. The summed E-state index contributed by atoms with van der Waals surface area (Å²) in [6, 6.07) is 18.3. The Morgan fingerprint density at radius 2 is 1.62 bits per heavy atom. The van der Waals surface area contributed by atoms with Gasteiger partial charge in [0.15, 0.2) is 0 Å². The molecule has 3 aromatic carbocycles. The van der Waals surface area contributed by atoms with E-state index in [4.69, 9.17) is 27.9 Å². The summed E-state index contributed by atoms with van der Waals surface area (Å²) in [6.07, 6.45) is 5.02. The third-order valence-corrected chi connectivity index (χ3v) is 9.68. The number of anilines is 1. The molecule has 1 N–H and O–H groups in total. The number of carbonyl (C=O) groups excluding carboxylic acids is 2. The molecule has 0 spiro atoms. The van der Waals surface area contributed by atoms with Crippen molar-refractivity contribution in [2.24, 2.45) is 0 Å². The van der Waals surface area contributed by atoms with Gasteiger partial charge in [0.1, 0.15) is 18.3 Å². The molecule has 42 heavy (non-hydrogen) atoms. The number of carbonyl (C=O) groups is 2. The summed E-state index contributed by atoms with van der Waals surface area (Å²) in [5.74, 6) is -0.338. The molecule has 1 aliphatic carbocycles. The standard InChI is InChI=1S/C31H35Cl2N3O5S/c1-22(31(38)34-26-9-4-3-5-10-26)35(20-23-7-6-8-25(33)19-23)30(37)21-36(27-13-11-24(32)12-14-27)42(39,40)29-17-15-28(41-2)16-18-29/h6-8,11-19,22,26H,3-5,9-10,20-21H2,1-2H3,(H,34,38)/t22-/m1/s1. The van der Waals surface area contributed by atoms with Gasteiger partial charge in [0.25, 0.3) is 10.0 Å². The lowest BCUT2D eigenvalue weighted by Gasteiger charge is -2.33. The Morgan fingerprint density at radius 3 is 2.24 bits per heavy atom. The molecular weight excluding hydrogens is 597 g/mol. The first-order valence-electron chi connectivity index (χ1n) is 13.8. The molecule has 1 saturated carbocycles. The highest BCUT2D eigenvalue weighted by molar-refractivity contribution is 7.92. The number of hydrogen-bond donors (Lipinski definition) is 1. The van der Waals surface area contributed by atoms with E-state index in [2.05, 4.69) is 5.32 Å². The van der Waals surface area contributed by atoms with E-state index in [1.54, 1.807) is 37.3 Å². The highest BCUT2D eigenvalue weighted by Crippen LogP contribution is 2.27. The van der Waals surface area contributed by atoms with Crippen molar-refractivity contribution in [3.63, 3.8) is 0 Å². The van der Waals surface area contributed by atoms with Crippen molar-refractivity contribution in [3.8, 4) is 5.75 Å². The van der Waals surface area contributed by atoms with E-state index in [0.717, 1.165) is 36.4 Å². The van der Waals surface area contributed by atoms with Crippen LogP contribution in [0.3, 0.4) is 0 Å². The molecule has 0 saturated heterocycles. The predicted octanol–water partition coefficient (Wildman–Crippen LogP) is 6.06. The van der Waals surface area contributed by atoms with E-state index in [1.807, 2.05) is 6.07 Å². The fourth-order valence-corrected chi connectivity index (χ4v) is 6.75. The van der Waals surface area contributed by atoms with E-state index >= 15 is 0 Å². The molecule has 0 aliphatic heterocycles. The largest absolute Gasteiger partial charge is 0.497 e. The Morgan fingerprint density at radius 1 is 0.952 bits per heavy atom. The van der Waals surface area contributed by atoms with Gasteiger partial charge in [-0.25, -0.2) is 8.42 Å². The van der Waals surface area contributed by atoms with Crippen LogP contribution in [0.25, 0.3) is 0 Å². The van der Waals surface area contributed by atoms with Gasteiger partial charge in [-0.05, 0) is 86.0 Å². The summed E-state index contributed by atoms with van der Waals surface area (Å²) in [7, 11) is -2.71. The van der Waals surface area contributed by atoms with Crippen molar-refractivity contribution in [1.82, 2.24) is 10.2 Å². The fourth-order valence-electron chi connectivity index (χ4n) is 4.99. The van der Waals surface area contributed by atoms with Crippen molar-refractivity contribution < 1.29 is 22.7 Å². The highest BCUT2D eigenvalue weighted by Gasteiger charge is 2.33. The quantitative estimate of drug-likeness (QED) is 0.277. The summed E-state index contributed by atoms with van der Waals surface area (Å²) in [5, 5.41) is 4.00. The van der Waals surface area contributed by atoms with Crippen LogP contribution in [0.4, 0.5) is 5.69 Å². The lowest BCUT2D eigenvalue weighted by molar-refractivity contribution is -0.139. The van der Waals surface area contributed by atoms with Gasteiger partial charge in [0, 0.05) is 22.6 Å². The van der Waals surface area contributed by atoms with Gasteiger partial charge in [0.05, 0.1) is 17.7 Å². The Hall–Kier alpha value is -3.27. The second-order valence-corrected chi connectivity index (χ2v) is 13.1. The lowest BCUT2D eigenvalue weighted by atomic mass is 9.95. The number of rotatable bonds is 11. The zero-order chi connectivity index (χ0) is 30.3. The number of hydrogen-bond acceptors (Lipinski definition) is 5. The van der Waals surface area contributed by atoms with Crippen LogP contribution in [0.15, 0.2) is 77.7 Å². The van der Waals surface area contributed by atoms with Crippen LogP contribution in [-0.2, 0) is 26.2 Å². The molecule has 0 aromatic heterocycles. The van der Waals surface area contributed by atoms with Gasteiger partial charge in [-0.1, -0.05) is 54.6 Å². The molecule has 0 unspecified atom stereocenters. The third-order valence-electron chi connectivity index (χ3n) is 7.40. The normalized spacial score (nSPS) is 14.6. The molecule has 1 atom stereocenters. The number of nitrogens with zero attached hydrogens (tertiary/aromatic N) is 2. The molecule has 4 rings (SSSR count). The molecule has 8 nitrogen and oxygen atoms in total. The molecule has 224 valence electrons. The first-order chi connectivity index (χ1) is 20.1. The minimum Gasteiger partial charge on any atom is -0.497 e. The Balaban J connectivity index is 1.67. The minimum absolute atomic E-state index is 0.0180. The zero-order valence-electron chi connectivity index (χ0n) is 23.6. The van der Waals surface area contributed by atoms with Gasteiger partial charge < -0.3 is 15.0 Å². The number of ether oxygens (including phenoxy) is 1. The summed E-state index contributed by atoms with van der Waals surface area (Å²) in [5.41, 5.74) is 0.967. The van der Waals surface area contributed by atoms with Crippen molar-refractivity contribution in [2.45, 2.75) is 62.6 Å². The second kappa shape index (κ2) is 14.3. The summed E-state index contributed by atoms with van der Waals surface area (Å²) in [4.78, 5) is 28.8. The van der Waals surface area contributed by atoms with Crippen LogP contribution < -0.4 is 14.4 Å². The van der Waals surface area contributed by atoms with E-state index < -0.39 is 28.5 Å². The van der Waals surface area contributed by atoms with Crippen molar-refractivity contribution in [1.29, 1.82) is 0 Å². The van der Waals surface area contributed by atoms with E-state index in [9.17, 15) is 18.0 Å². The lowest BCUT2D eigenvalue weighted by Crippen LogP contribution is -2.53. The smallest absolute Gasteiger partial charge is 0.264 e. The average Bonchev–Trinajstić information content (AvgIpc) is 2.99. The number of nitrogens with one attached hydrogen (secondary N) is 1. The Kier molecular flexibility index (Phi) is 10.8. The third kappa shape index (κ3) is 7.96. The first-order valence-corrected chi connectivity index (χ1v) is 16.0. The summed E-state index contributed by atoms with van der Waals surface area (Å²) >= 11 is 12.3. The van der Waals surface area contributed by atoms with E-state index in [1.165, 1.54) is 48.4 Å². The molecule has 11 heteroatoms. The van der Waals surface area contributed by atoms with Crippen LogP contribution in [0.2, 0.25) is 10.0 Å². The van der Waals surface area contributed by atoms with Gasteiger partial charge in [-0.2, -0.15) is 0 Å². The summed E-state index contributed by atoms with van der Waals surface area (Å²) in [6.45, 7) is 1.18. The average molecular weight is 633 g/mol. The van der Waals surface area contributed by atoms with Gasteiger partial charge in [0.2, 0.25) is 11.8 Å². The number of benzene rings is 3. The predicted molar refractivity (Wildman–Crippen MR) is 165 cm³/mol. The first kappa shape index (κ1) is 31.7. The molecular formula is C31H35Cl2N3O5S. The SMILES string of the molecule is COc1ccc(S(=O)(=O)N(CC(=O)N(Cc2cccc(Cl)c2)[C@H](C)C(=O)NC2CCCCC2)c2ccc(Cl)cc2)cc1. The zero-order valence-corrected chi connectivity index (χ0v) is 26.0. The molecule has 0 radical (unpaired) electrons. The van der Waals surface area contributed by atoms with Crippen LogP contribution in [-0.4, -0.2) is 50.9 Å². The van der Waals surface area contributed by atoms with Crippen LogP contribution in [0.5, 0.6) is 5.75 Å². The van der Waals surface area contributed by atoms with Gasteiger partial charge in [-0.15, -0.1) is 0 Å². The van der Waals surface area contributed by atoms with Crippen LogP contribution >= 0.6 is 23.2 Å². The van der Waals surface area contributed by atoms with E-state index in [0.29, 0.717) is 21.4 Å². The van der Waals surface area contributed by atoms with E-state index in [-0.39, 0.29) is 29.1 Å². The molecule has 0 bridgehead atoms. The minimum atomic E-state index is -4.20. The molecule has 1 fully saturated rings. The van der Waals surface area contributed by atoms with Gasteiger partial charge in [-0.3, -0.25) is 13.9 Å². The fraction of sp³-hybridized carbons (Fsp3) is 0.355. The van der Waals surface area contributed by atoms with Gasteiger partial charge >= 0.3 is 0 Å². The maximum atomic E-state index is 14.1. The molecule has 3 aromatic rings. The highest BCUT2D eigenvalue weighted by atomic mass is 35.5. The van der Waals surface area contributed by atoms with Crippen molar-refractivity contribution in [3.05, 3.63) is 88.4 Å². The Bertz CT molecular complexity index is 1480. The summed E-state index contributed by atoms with van der Waals surface area (Å²) < 4.78 is 34.1. The van der Waals surface area contributed by atoms with Crippen molar-refractivity contribution in [2.75, 3.05) is 18.0 Å². The maximum absolute atomic E-state index is 14.1. The number of amides is 2. The monoisotopic (exact) mass is 631 g/mol. The van der Waals surface area contributed by atoms with Crippen molar-refractivity contribution >= 4 is 50.7 Å². The number of methoxy groups -OCH3 is 1. The maximum Gasteiger partial charge on any atom is 0.264 e. The molecule has 1 aliphatic rings. The Labute approximate surface area is 257 Å². The number of halogens is 2. The van der Waals surface area contributed by atoms with Crippen LogP contribution in [0.1, 0.15) is 44.6 Å².